The molecule has 3 atom stereocenters. The van der Waals surface area contributed by atoms with Crippen LogP contribution >= 0.6 is 11.3 Å². The molecule has 1 aromatic carbocycles. The number of thiophene rings is 1. The molecule has 3 amide bonds. The molecule has 27 heavy (non-hydrogen) atoms. The first-order chi connectivity index (χ1) is 13.0. The van der Waals surface area contributed by atoms with Gasteiger partial charge in [-0.15, -0.1) is 11.3 Å². The Kier molecular flexibility index (Phi) is 4.78. The molecule has 1 saturated carbocycles. The van der Waals surface area contributed by atoms with E-state index in [2.05, 4.69) is 10.6 Å². The van der Waals surface area contributed by atoms with Crippen LogP contribution < -0.4 is 15.4 Å². The van der Waals surface area contributed by atoms with Gasteiger partial charge in [-0.2, -0.15) is 0 Å². The van der Waals surface area contributed by atoms with Crippen molar-refractivity contribution < 1.29 is 14.3 Å². The standard InChI is InChI=1S/C20H23N3O3S/c1-12-8-14(26-2)5-6-15(12)22-20(25)23-11-13-9-16(17(23)10-13)21-19(24)18-4-3-7-27-18/h3-8,13,16-17H,9-11H2,1-2H3,(H,21,24)(H,22,25). The van der Waals surface area contributed by atoms with Crippen molar-refractivity contribution in [2.75, 3.05) is 19.0 Å². The number of carbonyl (C=O) groups excluding carboxylic acids is 2. The second-order valence-electron chi connectivity index (χ2n) is 7.23. The van der Waals surface area contributed by atoms with Crippen LogP contribution in [0.3, 0.4) is 0 Å². The number of ether oxygens (including phenoxy) is 1. The summed E-state index contributed by atoms with van der Waals surface area (Å²) >= 11 is 1.43. The molecule has 6 nitrogen and oxygen atoms in total. The van der Waals surface area contributed by atoms with Gasteiger partial charge in [0.25, 0.3) is 5.91 Å². The SMILES string of the molecule is COc1ccc(NC(=O)N2CC3CC(NC(=O)c4cccs4)C2C3)c(C)c1. The number of piperidine rings is 1. The van der Waals surface area contributed by atoms with E-state index < -0.39 is 0 Å². The van der Waals surface area contributed by atoms with Crippen LogP contribution in [0.4, 0.5) is 10.5 Å². The molecule has 0 spiro atoms. The molecule has 2 aromatic rings. The number of hydrogen-bond donors (Lipinski definition) is 2. The van der Waals surface area contributed by atoms with Crippen LogP contribution in [-0.2, 0) is 0 Å². The fourth-order valence-corrected chi connectivity index (χ4v) is 4.78. The maximum atomic E-state index is 12.8. The van der Waals surface area contributed by atoms with Gasteiger partial charge in [-0.25, -0.2) is 4.79 Å². The topological polar surface area (TPSA) is 70.7 Å². The Balaban J connectivity index is 1.42. The second-order valence-corrected chi connectivity index (χ2v) is 8.17. The number of likely N-dealkylation sites (tertiary alicyclic amines) is 1. The number of rotatable bonds is 4. The number of hydrogen-bond acceptors (Lipinski definition) is 4. The summed E-state index contributed by atoms with van der Waals surface area (Å²) in [6, 6.07) is 9.25. The van der Waals surface area contributed by atoms with Crippen LogP contribution in [-0.4, -0.2) is 42.6 Å². The second kappa shape index (κ2) is 7.23. The summed E-state index contributed by atoms with van der Waals surface area (Å²) in [7, 11) is 1.62. The van der Waals surface area contributed by atoms with E-state index in [4.69, 9.17) is 4.74 Å². The van der Waals surface area contributed by atoms with Gasteiger partial charge in [0.2, 0.25) is 0 Å². The largest absolute Gasteiger partial charge is 0.497 e. The zero-order valence-electron chi connectivity index (χ0n) is 15.4. The van der Waals surface area contributed by atoms with Gasteiger partial charge in [0.05, 0.1) is 24.1 Å². The summed E-state index contributed by atoms with van der Waals surface area (Å²) in [5.74, 6) is 1.17. The minimum atomic E-state index is -0.106. The number of nitrogens with zero attached hydrogens (tertiary/aromatic N) is 1. The molecule has 142 valence electrons. The summed E-state index contributed by atoms with van der Waals surface area (Å²) in [5, 5.41) is 8.03. The van der Waals surface area contributed by atoms with E-state index in [0.717, 1.165) is 36.4 Å². The Hall–Kier alpha value is -2.54. The Bertz CT molecular complexity index is 852. The number of aryl methyl sites for hydroxylation is 1. The summed E-state index contributed by atoms with van der Waals surface area (Å²) in [6.45, 7) is 2.69. The van der Waals surface area contributed by atoms with Crippen LogP contribution in [0.1, 0.15) is 28.1 Å². The van der Waals surface area contributed by atoms with Gasteiger partial charge >= 0.3 is 6.03 Å². The van der Waals surface area contributed by atoms with Gasteiger partial charge in [0.15, 0.2) is 0 Å². The molecule has 4 rings (SSSR count). The number of carbonyl (C=O) groups is 2. The van der Waals surface area contributed by atoms with Crippen molar-refractivity contribution in [1.82, 2.24) is 10.2 Å². The molecule has 1 aromatic heterocycles. The highest BCUT2D eigenvalue weighted by Gasteiger charge is 2.47. The van der Waals surface area contributed by atoms with Crippen LogP contribution in [0, 0.1) is 12.8 Å². The molecule has 2 heterocycles. The summed E-state index contributed by atoms with van der Waals surface area (Å²) in [5.41, 5.74) is 1.73. The highest BCUT2D eigenvalue weighted by atomic mass is 32.1. The Labute approximate surface area is 162 Å². The van der Waals surface area contributed by atoms with E-state index in [1.54, 1.807) is 7.11 Å². The predicted octanol–water partition coefficient (Wildman–Crippen LogP) is 3.49. The number of benzene rings is 1. The first-order valence-electron chi connectivity index (χ1n) is 9.12. The lowest BCUT2D eigenvalue weighted by Gasteiger charge is -2.33. The number of urea groups is 1. The van der Waals surface area contributed by atoms with Crippen LogP contribution in [0.25, 0.3) is 0 Å². The lowest BCUT2D eigenvalue weighted by atomic mass is 10.1. The molecule has 0 radical (unpaired) electrons. The van der Waals surface area contributed by atoms with Gasteiger partial charge in [-0.1, -0.05) is 6.07 Å². The molecule has 2 aliphatic rings. The van der Waals surface area contributed by atoms with Gasteiger partial charge in [-0.05, 0) is 60.9 Å². The van der Waals surface area contributed by atoms with Crippen molar-refractivity contribution in [3.8, 4) is 5.75 Å². The summed E-state index contributed by atoms with van der Waals surface area (Å²) in [6.07, 6.45) is 1.89. The molecule has 2 N–H and O–H groups in total. The molecular weight excluding hydrogens is 362 g/mol. The van der Waals surface area contributed by atoms with E-state index in [1.807, 2.05) is 47.5 Å². The third kappa shape index (κ3) is 3.51. The minimum absolute atomic E-state index is 0.0149. The van der Waals surface area contributed by atoms with Crippen molar-refractivity contribution in [3.05, 3.63) is 46.2 Å². The molecule has 2 fully saturated rings. The maximum absolute atomic E-state index is 12.8. The van der Waals surface area contributed by atoms with Crippen LogP contribution in [0.2, 0.25) is 0 Å². The van der Waals surface area contributed by atoms with E-state index in [-0.39, 0.29) is 24.0 Å². The smallest absolute Gasteiger partial charge is 0.322 e. The van der Waals surface area contributed by atoms with Gasteiger partial charge in [-0.3, -0.25) is 4.79 Å². The number of fused-ring (bicyclic) bond motifs is 2. The van der Waals surface area contributed by atoms with Crippen LogP contribution in [0.15, 0.2) is 35.7 Å². The monoisotopic (exact) mass is 385 g/mol. The third-order valence-corrected chi connectivity index (χ3v) is 6.35. The summed E-state index contributed by atoms with van der Waals surface area (Å²) < 4.78 is 5.21. The van der Waals surface area contributed by atoms with E-state index in [1.165, 1.54) is 11.3 Å². The quantitative estimate of drug-likeness (QED) is 0.846. The number of nitrogens with one attached hydrogen (secondary N) is 2. The Morgan fingerprint density at radius 2 is 2.11 bits per heavy atom. The third-order valence-electron chi connectivity index (χ3n) is 5.48. The number of amides is 3. The Morgan fingerprint density at radius 3 is 2.78 bits per heavy atom. The first-order valence-corrected chi connectivity index (χ1v) is 9.99. The van der Waals surface area contributed by atoms with Crippen molar-refractivity contribution in [3.63, 3.8) is 0 Å². The minimum Gasteiger partial charge on any atom is -0.497 e. The average molecular weight is 385 g/mol. The molecule has 7 heteroatoms. The van der Waals surface area contributed by atoms with Crippen molar-refractivity contribution in [2.45, 2.75) is 31.8 Å². The zero-order valence-corrected chi connectivity index (χ0v) is 16.2. The number of methoxy groups -OCH3 is 1. The average Bonchev–Trinajstić information content (AvgIpc) is 3.40. The number of anilines is 1. The summed E-state index contributed by atoms with van der Waals surface area (Å²) in [4.78, 5) is 27.8. The highest BCUT2D eigenvalue weighted by Crippen LogP contribution is 2.38. The molecular formula is C20H23N3O3S. The van der Waals surface area contributed by atoms with Gasteiger partial charge in [0, 0.05) is 12.2 Å². The fourth-order valence-electron chi connectivity index (χ4n) is 4.15. The molecule has 1 aliphatic carbocycles. The van der Waals surface area contributed by atoms with Gasteiger partial charge in [0.1, 0.15) is 5.75 Å². The molecule has 3 unspecified atom stereocenters. The van der Waals surface area contributed by atoms with Gasteiger partial charge < -0.3 is 20.3 Å². The van der Waals surface area contributed by atoms with Crippen LogP contribution in [0.5, 0.6) is 5.75 Å². The Morgan fingerprint density at radius 1 is 1.26 bits per heavy atom. The fraction of sp³-hybridized carbons (Fsp3) is 0.400. The lowest BCUT2D eigenvalue weighted by molar-refractivity contribution is 0.0910. The van der Waals surface area contributed by atoms with E-state index >= 15 is 0 Å². The predicted molar refractivity (Wildman–Crippen MR) is 106 cm³/mol. The molecule has 2 bridgehead atoms. The highest BCUT2D eigenvalue weighted by molar-refractivity contribution is 7.12. The van der Waals surface area contributed by atoms with E-state index in [9.17, 15) is 9.59 Å². The normalized spacial score (nSPS) is 23.3. The van der Waals surface area contributed by atoms with Crippen molar-refractivity contribution in [1.29, 1.82) is 0 Å². The zero-order chi connectivity index (χ0) is 19.0. The van der Waals surface area contributed by atoms with Crippen molar-refractivity contribution in [2.24, 2.45) is 5.92 Å². The van der Waals surface area contributed by atoms with Crippen molar-refractivity contribution >= 4 is 29.0 Å². The maximum Gasteiger partial charge on any atom is 0.322 e. The molecule has 1 aliphatic heterocycles. The lowest BCUT2D eigenvalue weighted by Crippen LogP contribution is -2.52. The van der Waals surface area contributed by atoms with E-state index in [0.29, 0.717) is 10.8 Å². The first kappa shape index (κ1) is 17.9. The molecule has 1 saturated heterocycles.